The Hall–Kier alpha value is -1.09. The van der Waals surface area contributed by atoms with E-state index in [9.17, 15) is 0 Å². The molecule has 1 rings (SSSR count). The zero-order chi connectivity index (χ0) is 15.9. The molecule has 0 amide bonds. The van der Waals surface area contributed by atoms with E-state index in [1.165, 1.54) is 30.5 Å². The second kappa shape index (κ2) is 8.38. The van der Waals surface area contributed by atoms with E-state index in [2.05, 4.69) is 62.8 Å². The molecule has 1 N–H and O–H groups in total. The first-order valence-corrected chi connectivity index (χ1v) is 8.29. The van der Waals surface area contributed by atoms with Crippen molar-refractivity contribution in [2.24, 2.45) is 0 Å². The molecule has 0 saturated heterocycles. The standard InChI is InChI=1S/C18H33N3/c1-7-8-9-12-21(15(2)3)17-14-19-11-10-16(17)13-20-18(4,5)6/h10-11,14-15,20H,7-9,12-13H2,1-6H3. The number of nitrogens with zero attached hydrogens (tertiary/aromatic N) is 2. The molecule has 21 heavy (non-hydrogen) atoms. The van der Waals surface area contributed by atoms with Crippen LogP contribution >= 0.6 is 0 Å². The van der Waals surface area contributed by atoms with Crippen LogP contribution in [0.15, 0.2) is 18.5 Å². The summed E-state index contributed by atoms with van der Waals surface area (Å²) in [7, 11) is 0. The summed E-state index contributed by atoms with van der Waals surface area (Å²) in [6, 6.07) is 2.64. The molecule has 0 aromatic carbocycles. The van der Waals surface area contributed by atoms with E-state index in [-0.39, 0.29) is 5.54 Å². The molecule has 0 unspecified atom stereocenters. The summed E-state index contributed by atoms with van der Waals surface area (Å²) >= 11 is 0. The Kier molecular flexibility index (Phi) is 7.16. The predicted molar refractivity (Wildman–Crippen MR) is 92.8 cm³/mol. The summed E-state index contributed by atoms with van der Waals surface area (Å²) in [6.07, 6.45) is 7.71. The summed E-state index contributed by atoms with van der Waals surface area (Å²) in [5.74, 6) is 0. The van der Waals surface area contributed by atoms with Crippen LogP contribution in [0.1, 0.15) is 66.4 Å². The fraction of sp³-hybridized carbons (Fsp3) is 0.722. The molecular formula is C18H33N3. The first-order chi connectivity index (χ1) is 9.85. The molecule has 0 saturated carbocycles. The van der Waals surface area contributed by atoms with Gasteiger partial charge in [-0.05, 0) is 52.7 Å². The topological polar surface area (TPSA) is 28.2 Å². The highest BCUT2D eigenvalue weighted by Gasteiger charge is 2.16. The van der Waals surface area contributed by atoms with Gasteiger partial charge in [-0.1, -0.05) is 19.8 Å². The molecule has 1 aromatic heterocycles. The Labute approximate surface area is 131 Å². The summed E-state index contributed by atoms with van der Waals surface area (Å²) in [6.45, 7) is 15.4. The molecule has 0 fully saturated rings. The van der Waals surface area contributed by atoms with Crippen molar-refractivity contribution in [2.45, 2.75) is 78.9 Å². The lowest BCUT2D eigenvalue weighted by Gasteiger charge is -2.31. The maximum atomic E-state index is 4.35. The van der Waals surface area contributed by atoms with Gasteiger partial charge in [0.15, 0.2) is 0 Å². The molecule has 3 nitrogen and oxygen atoms in total. The number of nitrogens with one attached hydrogen (secondary N) is 1. The van der Waals surface area contributed by atoms with Crippen molar-refractivity contribution in [1.82, 2.24) is 10.3 Å². The Balaban J connectivity index is 2.86. The van der Waals surface area contributed by atoms with E-state index in [0.29, 0.717) is 6.04 Å². The number of pyridine rings is 1. The van der Waals surface area contributed by atoms with Gasteiger partial charge in [-0.2, -0.15) is 0 Å². The van der Waals surface area contributed by atoms with Gasteiger partial charge in [-0.25, -0.2) is 0 Å². The monoisotopic (exact) mass is 291 g/mol. The Morgan fingerprint density at radius 1 is 1.24 bits per heavy atom. The van der Waals surface area contributed by atoms with Crippen molar-refractivity contribution in [3.05, 3.63) is 24.0 Å². The maximum absolute atomic E-state index is 4.35. The Morgan fingerprint density at radius 3 is 2.52 bits per heavy atom. The van der Waals surface area contributed by atoms with Gasteiger partial charge in [0.25, 0.3) is 0 Å². The summed E-state index contributed by atoms with van der Waals surface area (Å²) < 4.78 is 0. The van der Waals surface area contributed by atoms with Gasteiger partial charge < -0.3 is 10.2 Å². The summed E-state index contributed by atoms with van der Waals surface area (Å²) in [5, 5.41) is 3.59. The van der Waals surface area contributed by atoms with Crippen LogP contribution in [0, 0.1) is 0 Å². The van der Waals surface area contributed by atoms with Crippen molar-refractivity contribution in [1.29, 1.82) is 0 Å². The van der Waals surface area contributed by atoms with E-state index >= 15 is 0 Å². The van der Waals surface area contributed by atoms with Crippen LogP contribution in [0.2, 0.25) is 0 Å². The van der Waals surface area contributed by atoms with Crippen molar-refractivity contribution >= 4 is 5.69 Å². The smallest absolute Gasteiger partial charge is 0.0600 e. The highest BCUT2D eigenvalue weighted by molar-refractivity contribution is 5.52. The van der Waals surface area contributed by atoms with Gasteiger partial charge in [0.1, 0.15) is 0 Å². The molecule has 0 radical (unpaired) electrons. The zero-order valence-electron chi connectivity index (χ0n) is 14.7. The van der Waals surface area contributed by atoms with Crippen molar-refractivity contribution in [3.63, 3.8) is 0 Å². The summed E-state index contributed by atoms with van der Waals surface area (Å²) in [4.78, 5) is 6.84. The molecule has 1 heterocycles. The number of rotatable bonds is 8. The quantitative estimate of drug-likeness (QED) is 0.721. The van der Waals surface area contributed by atoms with Crippen LogP contribution in [0.3, 0.4) is 0 Å². The Morgan fingerprint density at radius 2 is 1.95 bits per heavy atom. The van der Waals surface area contributed by atoms with Crippen LogP contribution in [-0.2, 0) is 6.54 Å². The van der Waals surface area contributed by atoms with Gasteiger partial charge in [0.05, 0.1) is 11.9 Å². The minimum Gasteiger partial charge on any atom is -0.368 e. The van der Waals surface area contributed by atoms with Crippen LogP contribution in [0.4, 0.5) is 5.69 Å². The van der Waals surface area contributed by atoms with Crippen molar-refractivity contribution in [3.8, 4) is 0 Å². The minimum atomic E-state index is 0.130. The molecule has 0 aliphatic rings. The average Bonchev–Trinajstić information content (AvgIpc) is 2.41. The molecule has 3 heteroatoms. The second-order valence-corrected chi connectivity index (χ2v) is 7.10. The number of hydrogen-bond donors (Lipinski definition) is 1. The van der Waals surface area contributed by atoms with Gasteiger partial charge in [0.2, 0.25) is 0 Å². The van der Waals surface area contributed by atoms with E-state index in [0.717, 1.165) is 13.1 Å². The fourth-order valence-corrected chi connectivity index (χ4v) is 2.37. The molecule has 1 aromatic rings. The molecule has 0 aliphatic heterocycles. The third-order valence-corrected chi connectivity index (χ3v) is 3.63. The molecular weight excluding hydrogens is 258 g/mol. The number of unbranched alkanes of at least 4 members (excludes halogenated alkanes) is 2. The fourth-order valence-electron chi connectivity index (χ4n) is 2.37. The predicted octanol–water partition coefficient (Wildman–Crippen LogP) is 4.37. The zero-order valence-corrected chi connectivity index (χ0v) is 14.7. The third-order valence-electron chi connectivity index (χ3n) is 3.63. The Bertz CT molecular complexity index is 407. The first kappa shape index (κ1) is 18.0. The highest BCUT2D eigenvalue weighted by Crippen LogP contribution is 2.22. The SMILES string of the molecule is CCCCCN(c1cnccc1CNC(C)(C)C)C(C)C. The second-order valence-electron chi connectivity index (χ2n) is 7.10. The van der Waals surface area contributed by atoms with Crippen molar-refractivity contribution in [2.75, 3.05) is 11.4 Å². The van der Waals surface area contributed by atoms with Crippen LogP contribution in [-0.4, -0.2) is 23.1 Å². The van der Waals surface area contributed by atoms with Gasteiger partial charge in [-0.15, -0.1) is 0 Å². The van der Waals surface area contributed by atoms with E-state index in [1.54, 1.807) is 0 Å². The molecule has 0 bridgehead atoms. The third kappa shape index (κ3) is 6.47. The van der Waals surface area contributed by atoms with Gasteiger partial charge in [0, 0.05) is 30.9 Å². The number of hydrogen-bond acceptors (Lipinski definition) is 3. The van der Waals surface area contributed by atoms with Crippen LogP contribution in [0.5, 0.6) is 0 Å². The van der Waals surface area contributed by atoms with Gasteiger partial charge in [-0.3, -0.25) is 4.98 Å². The highest BCUT2D eigenvalue weighted by atomic mass is 15.2. The summed E-state index contributed by atoms with van der Waals surface area (Å²) in [5.41, 5.74) is 2.75. The number of anilines is 1. The van der Waals surface area contributed by atoms with E-state index in [4.69, 9.17) is 0 Å². The molecule has 120 valence electrons. The first-order valence-electron chi connectivity index (χ1n) is 8.29. The lowest BCUT2D eigenvalue weighted by Crippen LogP contribution is -2.37. The van der Waals surface area contributed by atoms with Crippen LogP contribution < -0.4 is 10.2 Å². The van der Waals surface area contributed by atoms with Crippen LogP contribution in [0.25, 0.3) is 0 Å². The van der Waals surface area contributed by atoms with E-state index in [1.807, 2.05) is 12.4 Å². The lowest BCUT2D eigenvalue weighted by atomic mass is 10.1. The largest absolute Gasteiger partial charge is 0.368 e. The maximum Gasteiger partial charge on any atom is 0.0600 e. The van der Waals surface area contributed by atoms with E-state index < -0.39 is 0 Å². The normalized spacial score (nSPS) is 12.0. The average molecular weight is 291 g/mol. The molecule has 0 spiro atoms. The molecule has 0 atom stereocenters. The lowest BCUT2D eigenvalue weighted by molar-refractivity contribution is 0.424. The molecule has 0 aliphatic carbocycles. The minimum absolute atomic E-state index is 0.130. The van der Waals surface area contributed by atoms with Crippen molar-refractivity contribution < 1.29 is 0 Å². The van der Waals surface area contributed by atoms with Gasteiger partial charge >= 0.3 is 0 Å². The number of aromatic nitrogens is 1.